The third kappa shape index (κ3) is 6.31. The van der Waals surface area contributed by atoms with E-state index in [1.165, 1.54) is 40.4 Å². The van der Waals surface area contributed by atoms with Crippen LogP contribution in [0.2, 0.25) is 5.02 Å². The van der Waals surface area contributed by atoms with Crippen LogP contribution in [0.5, 0.6) is 11.8 Å². The number of pyridine rings is 2. The number of aliphatic hydroxyl groups is 1. The number of benzene rings is 2. The van der Waals surface area contributed by atoms with Crippen LogP contribution in [-0.2, 0) is 42.3 Å². The molecule has 7 rings (SSSR count). The maximum atomic E-state index is 12.1. The second-order valence-corrected chi connectivity index (χ2v) is 14.7. The van der Waals surface area contributed by atoms with Gasteiger partial charge in [0.15, 0.2) is 9.84 Å². The monoisotopic (exact) mass is 645 g/mol. The van der Waals surface area contributed by atoms with Gasteiger partial charge in [0.2, 0.25) is 11.8 Å². The van der Waals surface area contributed by atoms with Crippen LogP contribution in [0.1, 0.15) is 58.7 Å². The standard InChI is InChI=1S/C35H36ClN3O5S/c1-45(41,42)26-15-22(17-37-18-26)21-43-34-24(19-39-14-13-25(40)20-39)16-32(36)35(38-34)44-33-12-11-30-29(9-4-10-31(30)33)28-8-3-6-23-5-2-7-27(23)28/h3-4,6,8-10,15-18,25,33,40H,2,5,7,11-14,19-21H2,1H3/t25-,33+/m1/s1. The summed E-state index contributed by atoms with van der Waals surface area (Å²) in [7, 11) is -3.41. The summed E-state index contributed by atoms with van der Waals surface area (Å²) >= 11 is 6.81. The van der Waals surface area contributed by atoms with Crippen LogP contribution >= 0.6 is 11.6 Å². The highest BCUT2D eigenvalue weighted by Gasteiger charge is 2.30. The van der Waals surface area contributed by atoms with Crippen molar-refractivity contribution in [3.63, 3.8) is 0 Å². The van der Waals surface area contributed by atoms with Gasteiger partial charge in [-0.3, -0.25) is 9.88 Å². The van der Waals surface area contributed by atoms with Gasteiger partial charge in [-0.2, -0.15) is 4.98 Å². The lowest BCUT2D eigenvalue weighted by atomic mass is 9.92. The van der Waals surface area contributed by atoms with Crippen LogP contribution in [0.3, 0.4) is 0 Å². The van der Waals surface area contributed by atoms with E-state index in [1.807, 2.05) is 6.07 Å². The van der Waals surface area contributed by atoms with Crippen molar-refractivity contribution in [1.82, 2.24) is 14.9 Å². The predicted octanol–water partition coefficient (Wildman–Crippen LogP) is 5.90. The lowest BCUT2D eigenvalue weighted by Crippen LogP contribution is -2.22. The van der Waals surface area contributed by atoms with Crippen LogP contribution in [0.25, 0.3) is 11.1 Å². The van der Waals surface area contributed by atoms with Gasteiger partial charge in [-0.1, -0.05) is 48.0 Å². The number of aryl methyl sites for hydroxylation is 1. The molecule has 1 saturated heterocycles. The quantitative estimate of drug-likeness (QED) is 0.240. The Balaban J connectivity index is 1.17. The molecule has 10 heteroatoms. The lowest BCUT2D eigenvalue weighted by Gasteiger charge is -2.21. The van der Waals surface area contributed by atoms with Crippen molar-refractivity contribution in [2.45, 2.75) is 68.8 Å². The minimum Gasteiger partial charge on any atom is -0.472 e. The van der Waals surface area contributed by atoms with Crippen molar-refractivity contribution in [1.29, 1.82) is 0 Å². The molecule has 45 heavy (non-hydrogen) atoms. The van der Waals surface area contributed by atoms with Crippen molar-refractivity contribution in [2.24, 2.45) is 0 Å². The Hall–Kier alpha value is -3.50. The normalized spacial score (nSPS) is 19.4. The van der Waals surface area contributed by atoms with E-state index in [1.54, 1.807) is 12.3 Å². The van der Waals surface area contributed by atoms with Crippen molar-refractivity contribution >= 4 is 21.4 Å². The molecule has 8 nitrogen and oxygen atoms in total. The van der Waals surface area contributed by atoms with E-state index in [4.69, 9.17) is 26.1 Å². The van der Waals surface area contributed by atoms with Gasteiger partial charge in [0.05, 0.1) is 11.0 Å². The predicted molar refractivity (Wildman–Crippen MR) is 172 cm³/mol. The highest BCUT2D eigenvalue weighted by Crippen LogP contribution is 2.43. The first kappa shape index (κ1) is 30.2. The molecule has 0 saturated carbocycles. The summed E-state index contributed by atoms with van der Waals surface area (Å²) in [6.07, 6.45) is 9.37. The van der Waals surface area contributed by atoms with Gasteiger partial charge in [0.1, 0.15) is 17.7 Å². The molecule has 2 aromatic carbocycles. The molecule has 0 spiro atoms. The van der Waals surface area contributed by atoms with E-state index >= 15 is 0 Å². The summed E-state index contributed by atoms with van der Waals surface area (Å²) in [4.78, 5) is 11.1. The van der Waals surface area contributed by atoms with Gasteiger partial charge in [-0.15, -0.1) is 0 Å². The van der Waals surface area contributed by atoms with Crippen molar-refractivity contribution < 1.29 is 23.0 Å². The number of likely N-dealkylation sites (tertiary alicyclic amines) is 1. The number of β-amino-alcohol motifs (C(OH)–C–C–N with tert-alkyl or cyclic N) is 1. The fourth-order valence-electron chi connectivity index (χ4n) is 6.91. The molecule has 2 atom stereocenters. The third-order valence-corrected chi connectivity index (χ3v) is 10.5. The van der Waals surface area contributed by atoms with Crippen LogP contribution in [0.4, 0.5) is 0 Å². The summed E-state index contributed by atoms with van der Waals surface area (Å²) in [6.45, 7) is 1.87. The molecule has 0 radical (unpaired) electrons. The van der Waals surface area contributed by atoms with E-state index in [2.05, 4.69) is 46.3 Å². The minimum absolute atomic E-state index is 0.0665. The molecule has 0 amide bonds. The molecule has 0 unspecified atom stereocenters. The molecule has 1 fully saturated rings. The number of rotatable bonds is 9. The van der Waals surface area contributed by atoms with Gasteiger partial charge in [-0.25, -0.2) is 8.42 Å². The Bertz CT molecular complexity index is 1860. The number of nitrogens with zero attached hydrogens (tertiary/aromatic N) is 3. The number of hydrogen-bond donors (Lipinski definition) is 1. The zero-order chi connectivity index (χ0) is 31.1. The van der Waals surface area contributed by atoms with Crippen molar-refractivity contribution in [3.8, 4) is 22.9 Å². The Morgan fingerprint density at radius 1 is 1.00 bits per heavy atom. The SMILES string of the molecule is CS(=O)(=O)c1cncc(COc2nc(O[C@H]3CCc4c(-c5cccc6c5CCC6)cccc43)c(Cl)cc2CN2CC[C@@H](O)C2)c1. The van der Waals surface area contributed by atoms with Gasteiger partial charge in [0.25, 0.3) is 0 Å². The number of halogens is 1. The number of hydrogen-bond acceptors (Lipinski definition) is 8. The third-order valence-electron chi connectivity index (χ3n) is 9.10. The average Bonchev–Trinajstić information content (AvgIpc) is 3.77. The zero-order valence-corrected chi connectivity index (χ0v) is 26.8. The number of aliphatic hydroxyl groups excluding tert-OH is 1. The van der Waals surface area contributed by atoms with Gasteiger partial charge < -0.3 is 14.6 Å². The van der Waals surface area contributed by atoms with E-state index in [-0.39, 0.29) is 23.7 Å². The molecule has 3 aliphatic rings. The second kappa shape index (κ2) is 12.4. The molecule has 4 aromatic rings. The Kier molecular flexibility index (Phi) is 8.29. The number of sulfone groups is 1. The van der Waals surface area contributed by atoms with E-state index in [0.717, 1.165) is 49.6 Å². The van der Waals surface area contributed by atoms with Crippen LogP contribution < -0.4 is 9.47 Å². The maximum absolute atomic E-state index is 12.1. The fraction of sp³-hybridized carbons (Fsp3) is 0.371. The van der Waals surface area contributed by atoms with Crippen molar-refractivity contribution in [3.05, 3.63) is 99.3 Å². The van der Waals surface area contributed by atoms with Crippen LogP contribution in [0.15, 0.2) is 65.8 Å². The zero-order valence-electron chi connectivity index (χ0n) is 25.2. The molecule has 0 bridgehead atoms. The largest absolute Gasteiger partial charge is 0.472 e. The summed E-state index contributed by atoms with van der Waals surface area (Å²) in [5, 5.41) is 10.5. The Morgan fingerprint density at radius 2 is 1.82 bits per heavy atom. The molecular weight excluding hydrogens is 610 g/mol. The molecule has 2 aromatic heterocycles. The topological polar surface area (TPSA) is 102 Å². The lowest BCUT2D eigenvalue weighted by molar-refractivity contribution is 0.173. The first-order valence-electron chi connectivity index (χ1n) is 15.5. The molecule has 3 heterocycles. The fourth-order valence-corrected chi connectivity index (χ4v) is 7.74. The van der Waals surface area contributed by atoms with Gasteiger partial charge in [0, 0.05) is 49.4 Å². The van der Waals surface area contributed by atoms with Crippen LogP contribution in [0, 0.1) is 0 Å². The number of aromatic nitrogens is 2. The first-order chi connectivity index (χ1) is 21.7. The smallest absolute Gasteiger partial charge is 0.236 e. The van der Waals surface area contributed by atoms with E-state index in [0.29, 0.717) is 41.9 Å². The maximum Gasteiger partial charge on any atom is 0.236 e. The van der Waals surface area contributed by atoms with Gasteiger partial charge in [-0.05, 0) is 84.0 Å². The highest BCUT2D eigenvalue weighted by atomic mass is 35.5. The Labute approximate surface area is 268 Å². The van der Waals surface area contributed by atoms with Gasteiger partial charge >= 0.3 is 0 Å². The Morgan fingerprint density at radius 3 is 2.62 bits per heavy atom. The summed E-state index contributed by atoms with van der Waals surface area (Å²) in [5.41, 5.74) is 9.39. The molecule has 1 aliphatic heterocycles. The summed E-state index contributed by atoms with van der Waals surface area (Å²) in [6, 6.07) is 16.5. The minimum atomic E-state index is -3.41. The highest BCUT2D eigenvalue weighted by molar-refractivity contribution is 7.90. The number of ether oxygens (including phenoxy) is 2. The average molecular weight is 646 g/mol. The molecule has 2 aliphatic carbocycles. The molecular formula is C35H36ClN3O5S. The molecule has 1 N–H and O–H groups in total. The second-order valence-electron chi connectivity index (χ2n) is 12.3. The molecule has 234 valence electrons. The first-order valence-corrected chi connectivity index (χ1v) is 17.8. The van der Waals surface area contributed by atoms with E-state index < -0.39 is 9.84 Å². The summed E-state index contributed by atoms with van der Waals surface area (Å²) in [5.74, 6) is 0.649. The van der Waals surface area contributed by atoms with Crippen molar-refractivity contribution in [2.75, 3.05) is 19.3 Å². The van der Waals surface area contributed by atoms with E-state index in [9.17, 15) is 13.5 Å². The number of fused-ring (bicyclic) bond motifs is 2. The summed E-state index contributed by atoms with van der Waals surface area (Å²) < 4.78 is 36.9. The van der Waals surface area contributed by atoms with Crippen LogP contribution in [-0.4, -0.2) is 53.8 Å².